The molecule has 1 rings (SSSR count). The molecule has 0 saturated carbocycles. The fourth-order valence-electron chi connectivity index (χ4n) is 0.593. The average Bonchev–Trinajstić information content (AvgIpc) is 1.99. The molecule has 0 N–H and O–H groups in total. The Kier molecular flexibility index (Phi) is 2.62. The highest BCUT2D eigenvalue weighted by Gasteiger charge is 2.08. The Morgan fingerprint density at radius 1 is 1.27 bits per heavy atom. The van der Waals surface area contributed by atoms with Crippen molar-refractivity contribution in [1.29, 1.82) is 0 Å². The van der Waals surface area contributed by atoms with Gasteiger partial charge in [-0.1, -0.05) is 30.1 Å². The quantitative estimate of drug-likeness (QED) is 0.643. The minimum atomic E-state index is -0.759. The van der Waals surface area contributed by atoms with E-state index in [9.17, 15) is 4.39 Å². The van der Waals surface area contributed by atoms with Gasteiger partial charge in [0.25, 0.3) is 0 Å². The van der Waals surface area contributed by atoms with E-state index in [1.165, 1.54) is 0 Å². The van der Waals surface area contributed by atoms with Crippen LogP contribution in [0.3, 0.4) is 0 Å². The summed E-state index contributed by atoms with van der Waals surface area (Å²) < 4.78 is 12.7. The van der Waals surface area contributed by atoms with E-state index >= 15 is 0 Å². The number of halogens is 3. The molecule has 0 aromatic carbocycles. The summed E-state index contributed by atoms with van der Waals surface area (Å²) in [6, 6.07) is 0. The van der Waals surface area contributed by atoms with Crippen molar-refractivity contribution in [3.8, 4) is 0 Å². The van der Waals surface area contributed by atoms with E-state index in [2.05, 4.69) is 9.97 Å². The first-order valence-corrected chi connectivity index (χ1v) is 3.78. The van der Waals surface area contributed by atoms with Crippen molar-refractivity contribution in [2.45, 2.75) is 13.3 Å². The molecule has 1 aromatic heterocycles. The van der Waals surface area contributed by atoms with Crippen molar-refractivity contribution < 1.29 is 4.39 Å². The summed E-state index contributed by atoms with van der Waals surface area (Å²) in [5.41, 5.74) is 0. The predicted octanol–water partition coefficient (Wildman–Crippen LogP) is 2.48. The second kappa shape index (κ2) is 3.32. The van der Waals surface area contributed by atoms with Gasteiger partial charge in [0.05, 0.1) is 0 Å². The van der Waals surface area contributed by atoms with Crippen molar-refractivity contribution >= 4 is 23.2 Å². The lowest BCUT2D eigenvalue weighted by atomic mass is 10.4. The normalized spacial score (nSPS) is 10.2. The summed E-state index contributed by atoms with van der Waals surface area (Å²) in [4.78, 5) is 7.29. The maximum atomic E-state index is 12.7. The average molecular weight is 195 g/mol. The van der Waals surface area contributed by atoms with Crippen LogP contribution in [0.5, 0.6) is 0 Å². The van der Waals surface area contributed by atoms with E-state index in [1.807, 2.05) is 6.92 Å². The first-order chi connectivity index (χ1) is 5.15. The minimum absolute atomic E-state index is 0.221. The predicted molar refractivity (Wildman–Crippen MR) is 41.4 cm³/mol. The molecule has 60 valence electrons. The van der Waals surface area contributed by atoms with Crippen LogP contribution in [0.25, 0.3) is 0 Å². The van der Waals surface area contributed by atoms with E-state index < -0.39 is 5.82 Å². The molecule has 0 spiro atoms. The van der Waals surface area contributed by atoms with Crippen LogP contribution in [0.2, 0.25) is 10.3 Å². The summed E-state index contributed by atoms with van der Waals surface area (Å²) in [5, 5.41) is -0.441. The first-order valence-electron chi connectivity index (χ1n) is 3.02. The third-order valence-electron chi connectivity index (χ3n) is 1.13. The molecule has 0 fully saturated rings. The van der Waals surface area contributed by atoms with Crippen molar-refractivity contribution in [3.63, 3.8) is 0 Å². The summed E-state index contributed by atoms with van der Waals surface area (Å²) in [5.74, 6) is -0.313. The zero-order valence-electron chi connectivity index (χ0n) is 5.74. The molecule has 0 atom stereocenters. The summed E-state index contributed by atoms with van der Waals surface area (Å²) >= 11 is 10.8. The number of nitrogens with zero attached hydrogens (tertiary/aromatic N) is 2. The standard InChI is InChI=1S/C6H5Cl2FN2/c1-2-3-10-5(7)4(9)6(8)11-3/h2H2,1H3. The largest absolute Gasteiger partial charge is 0.218 e. The van der Waals surface area contributed by atoms with E-state index in [0.29, 0.717) is 12.2 Å². The van der Waals surface area contributed by atoms with Crippen molar-refractivity contribution in [2.75, 3.05) is 0 Å². The molecule has 0 bridgehead atoms. The maximum absolute atomic E-state index is 12.7. The van der Waals surface area contributed by atoms with Gasteiger partial charge in [-0.15, -0.1) is 0 Å². The van der Waals surface area contributed by atoms with Crippen LogP contribution < -0.4 is 0 Å². The zero-order valence-corrected chi connectivity index (χ0v) is 7.25. The lowest BCUT2D eigenvalue weighted by Gasteiger charge is -1.98. The molecule has 2 nitrogen and oxygen atoms in total. The van der Waals surface area contributed by atoms with Crippen LogP contribution in [0.4, 0.5) is 4.39 Å². The first kappa shape index (κ1) is 8.68. The summed E-state index contributed by atoms with van der Waals surface area (Å²) in [6.07, 6.45) is 0.583. The zero-order chi connectivity index (χ0) is 8.43. The van der Waals surface area contributed by atoms with Crippen LogP contribution in [-0.4, -0.2) is 9.97 Å². The number of aryl methyl sites for hydroxylation is 1. The van der Waals surface area contributed by atoms with Gasteiger partial charge in [0, 0.05) is 6.42 Å². The number of rotatable bonds is 1. The van der Waals surface area contributed by atoms with Gasteiger partial charge in [-0.2, -0.15) is 0 Å². The maximum Gasteiger partial charge on any atom is 0.197 e. The lowest BCUT2D eigenvalue weighted by molar-refractivity contribution is 0.610. The van der Waals surface area contributed by atoms with Crippen LogP contribution in [0.15, 0.2) is 0 Å². The Hall–Kier alpha value is -0.410. The van der Waals surface area contributed by atoms with Crippen molar-refractivity contribution in [2.24, 2.45) is 0 Å². The molecule has 1 heterocycles. The van der Waals surface area contributed by atoms with E-state index in [4.69, 9.17) is 23.2 Å². The van der Waals surface area contributed by atoms with Gasteiger partial charge < -0.3 is 0 Å². The van der Waals surface area contributed by atoms with Crippen LogP contribution in [0, 0.1) is 5.82 Å². The Balaban J connectivity index is 3.21. The van der Waals surface area contributed by atoms with Gasteiger partial charge >= 0.3 is 0 Å². The second-order valence-electron chi connectivity index (χ2n) is 1.89. The third kappa shape index (κ3) is 1.79. The molecule has 0 aliphatic heterocycles. The molecular weight excluding hydrogens is 190 g/mol. The monoisotopic (exact) mass is 194 g/mol. The molecule has 0 saturated heterocycles. The Labute approximate surface area is 73.4 Å². The molecule has 1 aromatic rings. The van der Waals surface area contributed by atoms with Crippen molar-refractivity contribution in [3.05, 3.63) is 21.9 Å². The minimum Gasteiger partial charge on any atom is -0.218 e. The third-order valence-corrected chi connectivity index (χ3v) is 1.63. The number of hydrogen-bond acceptors (Lipinski definition) is 2. The highest BCUT2D eigenvalue weighted by atomic mass is 35.5. The molecule has 0 aliphatic carbocycles. The fourth-order valence-corrected chi connectivity index (χ4v) is 1.02. The van der Waals surface area contributed by atoms with Gasteiger partial charge in [-0.3, -0.25) is 0 Å². The van der Waals surface area contributed by atoms with E-state index in [1.54, 1.807) is 0 Å². The van der Waals surface area contributed by atoms with Gasteiger partial charge in [-0.25, -0.2) is 14.4 Å². The lowest BCUT2D eigenvalue weighted by Crippen LogP contribution is -1.96. The molecule has 0 unspecified atom stereocenters. The van der Waals surface area contributed by atoms with E-state index in [0.717, 1.165) is 0 Å². The number of hydrogen-bond donors (Lipinski definition) is 0. The topological polar surface area (TPSA) is 25.8 Å². The van der Waals surface area contributed by atoms with Gasteiger partial charge in [-0.05, 0) is 0 Å². The Bertz CT molecular complexity index is 254. The van der Waals surface area contributed by atoms with Crippen molar-refractivity contribution in [1.82, 2.24) is 9.97 Å². The highest BCUT2D eigenvalue weighted by molar-refractivity contribution is 6.33. The number of aromatic nitrogens is 2. The van der Waals surface area contributed by atoms with Crippen LogP contribution in [0.1, 0.15) is 12.7 Å². The van der Waals surface area contributed by atoms with E-state index in [-0.39, 0.29) is 10.3 Å². The Morgan fingerprint density at radius 2 is 1.73 bits per heavy atom. The van der Waals surface area contributed by atoms with Crippen LogP contribution in [-0.2, 0) is 6.42 Å². The molecule has 0 aliphatic rings. The second-order valence-corrected chi connectivity index (χ2v) is 2.61. The Morgan fingerprint density at radius 3 is 2.09 bits per heavy atom. The van der Waals surface area contributed by atoms with Gasteiger partial charge in [0.2, 0.25) is 0 Å². The molecule has 11 heavy (non-hydrogen) atoms. The molecule has 0 radical (unpaired) electrons. The molecule has 0 amide bonds. The highest BCUT2D eigenvalue weighted by Crippen LogP contribution is 2.18. The molecule has 5 heteroatoms. The molecular formula is C6H5Cl2FN2. The van der Waals surface area contributed by atoms with Gasteiger partial charge in [0.1, 0.15) is 5.82 Å². The van der Waals surface area contributed by atoms with Gasteiger partial charge in [0.15, 0.2) is 16.1 Å². The summed E-state index contributed by atoms with van der Waals surface area (Å²) in [7, 11) is 0. The SMILES string of the molecule is CCc1nc(Cl)c(F)c(Cl)n1. The van der Waals surface area contributed by atoms with Crippen LogP contribution >= 0.6 is 23.2 Å². The summed E-state index contributed by atoms with van der Waals surface area (Å²) in [6.45, 7) is 1.83. The fraction of sp³-hybridized carbons (Fsp3) is 0.333. The smallest absolute Gasteiger partial charge is 0.197 e.